The van der Waals surface area contributed by atoms with Gasteiger partial charge in [0.25, 0.3) is 0 Å². The van der Waals surface area contributed by atoms with Gasteiger partial charge in [0.2, 0.25) is 0 Å². The Kier molecular flexibility index (Phi) is 4.31. The number of aromatic amines is 2. The summed E-state index contributed by atoms with van der Waals surface area (Å²) in [6.07, 6.45) is 3.47. The van der Waals surface area contributed by atoms with Gasteiger partial charge < -0.3 is 19.6 Å². The van der Waals surface area contributed by atoms with Crippen LogP contribution in [-0.2, 0) is 11.3 Å². The normalized spacial score (nSPS) is 23.5. The van der Waals surface area contributed by atoms with E-state index in [0.717, 1.165) is 52.6 Å². The zero-order chi connectivity index (χ0) is 20.8. The van der Waals surface area contributed by atoms with Crippen LogP contribution < -0.4 is 4.74 Å². The van der Waals surface area contributed by atoms with E-state index in [4.69, 9.17) is 14.5 Å². The number of nitrogens with zero attached hydrogens (tertiary/aromatic N) is 3. The molecule has 8 heteroatoms. The molecule has 31 heavy (non-hydrogen) atoms. The minimum Gasteiger partial charge on any atom is -0.457 e. The molecule has 0 radical (unpaired) electrons. The van der Waals surface area contributed by atoms with Gasteiger partial charge in [-0.15, -0.1) is 0 Å². The highest BCUT2D eigenvalue weighted by Gasteiger charge is 2.44. The summed E-state index contributed by atoms with van der Waals surface area (Å²) in [5.74, 6) is 1.39. The molecular weight excluding hydrogens is 394 g/mol. The maximum atomic E-state index is 10.4. The van der Waals surface area contributed by atoms with Crippen molar-refractivity contribution in [3.8, 4) is 22.8 Å². The molecule has 2 fully saturated rings. The smallest absolute Gasteiger partial charge is 0.178 e. The average molecular weight is 417 g/mol. The molecule has 2 aliphatic rings. The van der Waals surface area contributed by atoms with Gasteiger partial charge in [-0.1, -0.05) is 0 Å². The van der Waals surface area contributed by atoms with E-state index in [9.17, 15) is 5.11 Å². The summed E-state index contributed by atoms with van der Waals surface area (Å²) in [7, 11) is 0. The summed E-state index contributed by atoms with van der Waals surface area (Å²) in [6.45, 7) is 1.99. The molecular formula is C23H23N5O3. The van der Waals surface area contributed by atoms with Crippen LogP contribution in [0.5, 0.6) is 11.5 Å². The molecule has 4 aromatic rings. The molecule has 2 aliphatic heterocycles. The van der Waals surface area contributed by atoms with E-state index in [-0.39, 0.29) is 6.10 Å². The maximum Gasteiger partial charge on any atom is 0.178 e. The average Bonchev–Trinajstić information content (AvgIpc) is 3.47. The van der Waals surface area contributed by atoms with Crippen LogP contribution in [-0.4, -0.2) is 55.2 Å². The molecule has 4 heterocycles. The van der Waals surface area contributed by atoms with Gasteiger partial charge in [0.05, 0.1) is 35.9 Å². The van der Waals surface area contributed by atoms with Crippen molar-refractivity contribution >= 4 is 11.0 Å². The van der Waals surface area contributed by atoms with E-state index >= 15 is 0 Å². The third-order valence-corrected chi connectivity index (χ3v) is 5.95. The highest BCUT2D eigenvalue weighted by Crippen LogP contribution is 2.34. The highest BCUT2D eigenvalue weighted by atomic mass is 16.6. The summed E-state index contributed by atoms with van der Waals surface area (Å²) in [4.78, 5) is 10.3. The van der Waals surface area contributed by atoms with Gasteiger partial charge in [0, 0.05) is 25.2 Å². The monoisotopic (exact) mass is 417 g/mol. The first-order valence-electron chi connectivity index (χ1n) is 10.5. The topological polar surface area (TPSA) is 99.3 Å². The Bertz CT molecular complexity index is 1200. The number of fused-ring (bicyclic) bond motifs is 3. The molecule has 0 spiro atoms. The molecule has 0 amide bonds. The van der Waals surface area contributed by atoms with Crippen LogP contribution in [0.1, 0.15) is 18.7 Å². The fourth-order valence-electron chi connectivity index (χ4n) is 4.53. The number of benzene rings is 2. The first-order valence-corrected chi connectivity index (χ1v) is 10.5. The highest BCUT2D eigenvalue weighted by molar-refractivity contribution is 5.77. The summed E-state index contributed by atoms with van der Waals surface area (Å²) in [6, 6.07) is 15.7. The van der Waals surface area contributed by atoms with Crippen molar-refractivity contribution in [1.82, 2.24) is 25.1 Å². The summed E-state index contributed by atoms with van der Waals surface area (Å²) >= 11 is 0. The number of ether oxygens (including phenoxy) is 2. The van der Waals surface area contributed by atoms with Gasteiger partial charge in [-0.25, -0.2) is 4.98 Å². The van der Waals surface area contributed by atoms with E-state index in [0.29, 0.717) is 19.5 Å². The minimum atomic E-state index is -0.997. The van der Waals surface area contributed by atoms with Crippen LogP contribution in [0.4, 0.5) is 0 Å². The number of β-amino-alcohol motifs (C(OH)–C–C–N with tert-alkyl or cyclic N) is 1. The molecule has 0 unspecified atom stereocenters. The Morgan fingerprint density at radius 1 is 1.16 bits per heavy atom. The van der Waals surface area contributed by atoms with Crippen molar-refractivity contribution in [1.29, 1.82) is 0 Å². The Hall–Kier alpha value is -3.20. The standard InChI is InChI=1S/C23H23N5O3/c29-23-9-7-18(31-23)12-28(14-23)13-22-25-20-6-5-17(11-21(20)26-22)30-16-3-1-15(2-4-16)19-8-10-24-27-19/h1-6,8,10-11,18,29H,7,9,12-14H2,(H,24,27)(H,25,26)/t18-,23+/m0/s1. The van der Waals surface area contributed by atoms with Crippen molar-refractivity contribution < 1.29 is 14.6 Å². The Morgan fingerprint density at radius 2 is 2.03 bits per heavy atom. The Labute approximate surface area is 178 Å². The number of likely N-dealkylation sites (tertiary alicyclic amines) is 1. The van der Waals surface area contributed by atoms with Crippen molar-refractivity contribution in [3.63, 3.8) is 0 Å². The van der Waals surface area contributed by atoms with Gasteiger partial charge in [-0.2, -0.15) is 5.10 Å². The van der Waals surface area contributed by atoms with Gasteiger partial charge in [-0.05, 0) is 54.4 Å². The molecule has 2 bridgehead atoms. The Balaban J connectivity index is 1.16. The molecule has 0 aliphatic carbocycles. The van der Waals surface area contributed by atoms with E-state index < -0.39 is 5.79 Å². The molecule has 2 atom stereocenters. The number of imidazole rings is 1. The van der Waals surface area contributed by atoms with Crippen molar-refractivity contribution in [2.24, 2.45) is 0 Å². The number of hydrogen-bond donors (Lipinski definition) is 3. The number of aromatic nitrogens is 4. The second-order valence-electron chi connectivity index (χ2n) is 8.35. The molecule has 158 valence electrons. The number of morpholine rings is 1. The number of rotatable bonds is 5. The second-order valence-corrected chi connectivity index (χ2v) is 8.35. The van der Waals surface area contributed by atoms with E-state index in [1.54, 1.807) is 6.20 Å². The lowest BCUT2D eigenvalue weighted by molar-refractivity contribution is -0.231. The number of aliphatic hydroxyl groups is 1. The quantitative estimate of drug-likeness (QED) is 0.460. The SMILES string of the molecule is O[C@@]12CC[C@@H](CN(Cc3nc4ccc(Oc5ccc(-c6ccn[nH]6)cc5)cc4[nH]3)C1)O2. The molecule has 8 nitrogen and oxygen atoms in total. The van der Waals surface area contributed by atoms with Gasteiger partial charge in [0.1, 0.15) is 17.3 Å². The van der Waals surface area contributed by atoms with Crippen molar-refractivity contribution in [3.05, 3.63) is 60.6 Å². The lowest BCUT2D eigenvalue weighted by Crippen LogP contribution is -2.50. The van der Waals surface area contributed by atoms with Crippen LogP contribution in [0.3, 0.4) is 0 Å². The predicted octanol–water partition coefficient (Wildman–Crippen LogP) is 3.43. The predicted molar refractivity (Wildman–Crippen MR) is 115 cm³/mol. The molecule has 6 rings (SSSR count). The summed E-state index contributed by atoms with van der Waals surface area (Å²) < 4.78 is 11.7. The zero-order valence-corrected chi connectivity index (χ0v) is 16.9. The van der Waals surface area contributed by atoms with Crippen LogP contribution in [0.15, 0.2) is 54.7 Å². The van der Waals surface area contributed by atoms with Gasteiger partial charge in [-0.3, -0.25) is 10.00 Å². The number of nitrogens with one attached hydrogen (secondary N) is 2. The van der Waals surface area contributed by atoms with Crippen molar-refractivity contribution in [2.75, 3.05) is 13.1 Å². The van der Waals surface area contributed by atoms with Crippen molar-refractivity contribution in [2.45, 2.75) is 31.3 Å². The largest absolute Gasteiger partial charge is 0.457 e. The van der Waals surface area contributed by atoms with E-state index in [1.165, 1.54) is 0 Å². The zero-order valence-electron chi connectivity index (χ0n) is 16.9. The third-order valence-electron chi connectivity index (χ3n) is 5.95. The summed E-state index contributed by atoms with van der Waals surface area (Å²) in [5, 5.41) is 17.4. The fourth-order valence-corrected chi connectivity index (χ4v) is 4.53. The lowest BCUT2D eigenvalue weighted by Gasteiger charge is -2.36. The molecule has 0 saturated carbocycles. The van der Waals surface area contributed by atoms with Crippen LogP contribution in [0.25, 0.3) is 22.3 Å². The lowest BCUT2D eigenvalue weighted by atomic mass is 10.1. The Morgan fingerprint density at radius 3 is 2.84 bits per heavy atom. The number of H-pyrrole nitrogens is 2. The third kappa shape index (κ3) is 3.69. The number of hydrogen-bond acceptors (Lipinski definition) is 6. The molecule has 2 saturated heterocycles. The van der Waals surface area contributed by atoms with Gasteiger partial charge in [0.15, 0.2) is 5.79 Å². The van der Waals surface area contributed by atoms with Crippen LogP contribution in [0.2, 0.25) is 0 Å². The van der Waals surface area contributed by atoms with Crippen LogP contribution in [0, 0.1) is 0 Å². The molecule has 2 aromatic carbocycles. The molecule has 2 aromatic heterocycles. The van der Waals surface area contributed by atoms with Crippen LogP contribution >= 0.6 is 0 Å². The fraction of sp³-hybridized carbons (Fsp3) is 0.304. The summed E-state index contributed by atoms with van der Waals surface area (Å²) in [5.41, 5.74) is 3.85. The minimum absolute atomic E-state index is 0.114. The first-order chi connectivity index (χ1) is 15.1. The molecule has 3 N–H and O–H groups in total. The second kappa shape index (κ2) is 7.19. The van der Waals surface area contributed by atoms with Gasteiger partial charge >= 0.3 is 0 Å². The first kappa shape index (κ1) is 18.6. The van der Waals surface area contributed by atoms with E-state index in [1.807, 2.05) is 48.5 Å². The van der Waals surface area contributed by atoms with E-state index in [2.05, 4.69) is 20.1 Å². The maximum absolute atomic E-state index is 10.4.